The van der Waals surface area contributed by atoms with Crippen LogP contribution in [-0.4, -0.2) is 5.11 Å². The van der Waals surface area contributed by atoms with Crippen LogP contribution in [-0.2, 0) is 0 Å². The Kier molecular flexibility index (Phi) is 1.86. The zero-order valence-corrected chi connectivity index (χ0v) is 4.94. The minimum Gasteiger partial charge on any atom is -0.425 e. The fourth-order valence-corrected chi connectivity index (χ4v) is 0.534. The Hall–Kier alpha value is -1.04. The molecule has 1 aromatic rings. The van der Waals surface area contributed by atoms with Crippen molar-refractivity contribution in [2.24, 2.45) is 0 Å². The molecule has 0 spiro atoms. The van der Waals surface area contributed by atoms with Crippen molar-refractivity contribution >= 4 is 0 Å². The van der Waals surface area contributed by atoms with Crippen LogP contribution >= 0.6 is 0 Å². The fourth-order valence-electron chi connectivity index (χ4n) is 0.534. The molecule has 0 amide bonds. The van der Waals surface area contributed by atoms with Crippen LogP contribution < -0.4 is 0 Å². The van der Waals surface area contributed by atoms with Crippen molar-refractivity contribution in [2.75, 3.05) is 0 Å². The maximum absolute atomic E-state index is 12.2. The highest BCUT2D eigenvalue weighted by atomic mass is 19.2. The molecule has 2 nitrogen and oxygen atoms in total. The maximum atomic E-state index is 12.2. The molecule has 0 radical (unpaired) electrons. The second-order valence-corrected chi connectivity index (χ2v) is 1.70. The molecule has 0 aliphatic rings. The van der Waals surface area contributed by atoms with E-state index in [2.05, 4.69) is 4.42 Å². The fraction of sp³-hybridized carbons (Fsp3) is 0.200. The maximum Gasteiger partial charge on any atom is 0.317 e. The minimum absolute atomic E-state index is 1.39. The van der Waals surface area contributed by atoms with Gasteiger partial charge in [-0.3, -0.25) is 0 Å². The first kappa shape index (κ1) is 8.06. The smallest absolute Gasteiger partial charge is 0.317 e. The van der Waals surface area contributed by atoms with E-state index in [9.17, 15) is 17.6 Å². The third kappa shape index (κ3) is 1.21. The monoisotopic (exact) mass is 170 g/mol. The molecule has 1 unspecified atom stereocenters. The van der Waals surface area contributed by atoms with Crippen molar-refractivity contribution in [3.8, 4) is 0 Å². The van der Waals surface area contributed by atoms with Crippen molar-refractivity contribution in [3.05, 3.63) is 23.4 Å². The summed E-state index contributed by atoms with van der Waals surface area (Å²) in [7, 11) is 0. The summed E-state index contributed by atoms with van der Waals surface area (Å²) < 4.78 is 51.4. The van der Waals surface area contributed by atoms with Gasteiger partial charge in [0, 0.05) is 0 Å². The van der Waals surface area contributed by atoms with Crippen LogP contribution in [0.4, 0.5) is 17.6 Å². The highest BCUT2D eigenvalue weighted by Crippen LogP contribution is 2.24. The van der Waals surface area contributed by atoms with E-state index in [1.54, 1.807) is 0 Å². The molecule has 0 fully saturated rings. The molecule has 0 aliphatic carbocycles. The number of aliphatic hydroxyl groups excluding tert-OH is 1. The van der Waals surface area contributed by atoms with Crippen LogP contribution in [0.3, 0.4) is 0 Å². The summed E-state index contributed by atoms with van der Waals surface area (Å²) in [5.41, 5.74) is 0. The average molecular weight is 170 g/mol. The highest BCUT2D eigenvalue weighted by Gasteiger charge is 2.25. The average Bonchev–Trinajstić information content (AvgIpc) is 2.17. The second kappa shape index (κ2) is 2.54. The topological polar surface area (TPSA) is 33.4 Å². The second-order valence-electron chi connectivity index (χ2n) is 1.70. The summed E-state index contributed by atoms with van der Waals surface area (Å²) >= 11 is 0. The Labute approximate surface area is 58.0 Å². The van der Waals surface area contributed by atoms with Crippen LogP contribution in [0, 0.1) is 17.6 Å². The van der Waals surface area contributed by atoms with Gasteiger partial charge in [-0.15, -0.1) is 0 Å². The molecule has 1 aromatic heterocycles. The van der Waals surface area contributed by atoms with Crippen LogP contribution in [0.15, 0.2) is 4.42 Å². The normalized spacial score (nSPS) is 13.5. The molecule has 0 bridgehead atoms. The first-order valence-electron chi connectivity index (χ1n) is 2.49. The van der Waals surface area contributed by atoms with E-state index in [4.69, 9.17) is 5.11 Å². The summed E-state index contributed by atoms with van der Waals surface area (Å²) in [5, 5.41) is 8.01. The third-order valence-electron chi connectivity index (χ3n) is 0.998. The third-order valence-corrected chi connectivity index (χ3v) is 0.998. The predicted octanol–water partition coefficient (Wildman–Crippen LogP) is 1.66. The largest absolute Gasteiger partial charge is 0.425 e. The molecule has 0 saturated carbocycles. The van der Waals surface area contributed by atoms with E-state index in [1.807, 2.05) is 0 Å². The molecular formula is C5H2F4O2. The van der Waals surface area contributed by atoms with Crippen LogP contribution in [0.1, 0.15) is 12.1 Å². The molecule has 6 heteroatoms. The summed E-state index contributed by atoms with van der Waals surface area (Å²) in [6.45, 7) is 0. The van der Waals surface area contributed by atoms with Gasteiger partial charge in [-0.2, -0.15) is 13.2 Å². The minimum atomic E-state index is -2.85. The Balaban J connectivity index is 3.19. The molecule has 0 aromatic carbocycles. The first-order chi connectivity index (χ1) is 5.04. The highest BCUT2D eigenvalue weighted by molar-refractivity contribution is 5.07. The first-order valence-corrected chi connectivity index (χ1v) is 2.49. The standard InChI is InChI=1S/C5H2F4O2/c6-1-2(7)5(9)11-3(1)4(8)10/h4,10H. The van der Waals surface area contributed by atoms with Gasteiger partial charge in [0.05, 0.1) is 0 Å². The zero-order chi connectivity index (χ0) is 8.59. The molecule has 0 aliphatic heterocycles. The Morgan fingerprint density at radius 2 is 1.73 bits per heavy atom. The zero-order valence-electron chi connectivity index (χ0n) is 4.94. The molecule has 0 saturated heterocycles. The Bertz CT molecular complexity index is 268. The number of hydrogen-bond acceptors (Lipinski definition) is 2. The van der Waals surface area contributed by atoms with Crippen molar-refractivity contribution in [3.63, 3.8) is 0 Å². The van der Waals surface area contributed by atoms with Crippen molar-refractivity contribution in [1.29, 1.82) is 0 Å². The van der Waals surface area contributed by atoms with E-state index >= 15 is 0 Å². The van der Waals surface area contributed by atoms with Gasteiger partial charge in [0.1, 0.15) is 0 Å². The van der Waals surface area contributed by atoms with Crippen LogP contribution in [0.2, 0.25) is 0 Å². The van der Waals surface area contributed by atoms with Gasteiger partial charge in [-0.25, -0.2) is 4.39 Å². The Morgan fingerprint density at radius 3 is 1.91 bits per heavy atom. The van der Waals surface area contributed by atoms with Crippen LogP contribution in [0.25, 0.3) is 0 Å². The SMILES string of the molecule is OC(F)c1oc(F)c(F)c1F. The van der Waals surface area contributed by atoms with Gasteiger partial charge in [0.15, 0.2) is 0 Å². The molecule has 1 N–H and O–H groups in total. The van der Waals surface area contributed by atoms with Crippen molar-refractivity contribution < 1.29 is 27.1 Å². The lowest BCUT2D eigenvalue weighted by Gasteiger charge is -1.92. The van der Waals surface area contributed by atoms with Gasteiger partial charge in [-0.05, 0) is 0 Å². The summed E-state index contributed by atoms with van der Waals surface area (Å²) in [5.74, 6) is -5.17. The predicted molar refractivity (Wildman–Crippen MR) is 24.6 cm³/mol. The number of aliphatic hydroxyl groups is 1. The summed E-state index contributed by atoms with van der Waals surface area (Å²) in [6.07, 6.45) is -2.85. The molecule has 1 heterocycles. The van der Waals surface area contributed by atoms with E-state index in [-0.39, 0.29) is 0 Å². The lowest BCUT2D eigenvalue weighted by atomic mass is 10.4. The number of hydrogen-bond donors (Lipinski definition) is 1. The molecule has 11 heavy (non-hydrogen) atoms. The van der Waals surface area contributed by atoms with Gasteiger partial charge in [0.2, 0.25) is 17.4 Å². The van der Waals surface area contributed by atoms with E-state index in [1.165, 1.54) is 0 Å². The number of furan rings is 1. The summed E-state index contributed by atoms with van der Waals surface area (Å²) in [6, 6.07) is -1.88. The van der Waals surface area contributed by atoms with Gasteiger partial charge >= 0.3 is 6.01 Å². The molecule has 1 rings (SSSR count). The number of rotatable bonds is 1. The van der Waals surface area contributed by atoms with E-state index in [0.29, 0.717) is 0 Å². The van der Waals surface area contributed by atoms with Crippen molar-refractivity contribution in [1.82, 2.24) is 0 Å². The van der Waals surface area contributed by atoms with Gasteiger partial charge in [0.25, 0.3) is 6.36 Å². The lowest BCUT2D eigenvalue weighted by Crippen LogP contribution is -1.89. The molecule has 1 atom stereocenters. The van der Waals surface area contributed by atoms with Crippen LogP contribution in [0.5, 0.6) is 0 Å². The number of halogens is 4. The quantitative estimate of drug-likeness (QED) is 0.650. The van der Waals surface area contributed by atoms with E-state index in [0.717, 1.165) is 0 Å². The Morgan fingerprint density at radius 1 is 1.18 bits per heavy atom. The summed E-state index contributed by atoms with van der Waals surface area (Å²) in [4.78, 5) is 0. The van der Waals surface area contributed by atoms with E-state index < -0.39 is 29.8 Å². The number of alkyl halides is 1. The van der Waals surface area contributed by atoms with Gasteiger partial charge in [-0.1, -0.05) is 0 Å². The lowest BCUT2D eigenvalue weighted by molar-refractivity contribution is 0.0133. The van der Waals surface area contributed by atoms with Crippen molar-refractivity contribution in [2.45, 2.75) is 6.36 Å². The molecule has 62 valence electrons. The van der Waals surface area contributed by atoms with Gasteiger partial charge < -0.3 is 9.52 Å². The molecular weight excluding hydrogens is 168 g/mol.